The van der Waals surface area contributed by atoms with Crippen molar-refractivity contribution in [2.75, 3.05) is 6.54 Å². The summed E-state index contributed by atoms with van der Waals surface area (Å²) in [6.45, 7) is 2.74. The van der Waals surface area contributed by atoms with Crippen molar-refractivity contribution in [1.29, 1.82) is 0 Å². The Labute approximate surface area is 73.0 Å². The van der Waals surface area contributed by atoms with Gasteiger partial charge in [-0.2, -0.15) is 0 Å². The maximum Gasteiger partial charge on any atom is 0.180 e. The van der Waals surface area contributed by atoms with Crippen molar-refractivity contribution in [1.82, 2.24) is 0 Å². The zero-order valence-corrected chi connectivity index (χ0v) is 7.49. The summed E-state index contributed by atoms with van der Waals surface area (Å²) in [5.74, 6) is 1.53. The fraction of sp³-hybridized carbons (Fsp3) is 0.889. The van der Waals surface area contributed by atoms with E-state index in [0.717, 1.165) is 25.3 Å². The maximum atomic E-state index is 5.63. The molecule has 68 valence electrons. The second-order valence-corrected chi connectivity index (χ2v) is 3.79. The first kappa shape index (κ1) is 8.05. The molecule has 0 bridgehead atoms. The van der Waals surface area contributed by atoms with Gasteiger partial charge in [-0.3, -0.25) is 0 Å². The van der Waals surface area contributed by atoms with Crippen LogP contribution in [0.25, 0.3) is 0 Å². The number of hydrogen-bond acceptors (Lipinski definition) is 3. The summed E-state index contributed by atoms with van der Waals surface area (Å²) in [5, 5.41) is 0. The Morgan fingerprint density at radius 2 is 2.42 bits per heavy atom. The van der Waals surface area contributed by atoms with Gasteiger partial charge in [-0.05, 0) is 31.7 Å². The first-order valence-corrected chi connectivity index (χ1v) is 4.70. The molecule has 3 atom stereocenters. The highest BCUT2D eigenvalue weighted by molar-refractivity contribution is 5.75. The Morgan fingerprint density at radius 3 is 3.17 bits per heavy atom. The van der Waals surface area contributed by atoms with Crippen molar-refractivity contribution in [3.63, 3.8) is 0 Å². The van der Waals surface area contributed by atoms with Gasteiger partial charge in [0.15, 0.2) is 5.90 Å². The van der Waals surface area contributed by atoms with Crippen LogP contribution >= 0.6 is 0 Å². The van der Waals surface area contributed by atoms with Gasteiger partial charge in [0.2, 0.25) is 0 Å². The van der Waals surface area contributed by atoms with Crippen molar-refractivity contribution in [3.05, 3.63) is 0 Å². The zero-order valence-electron chi connectivity index (χ0n) is 7.49. The topological polar surface area (TPSA) is 47.6 Å². The van der Waals surface area contributed by atoms with Gasteiger partial charge in [0.25, 0.3) is 0 Å². The van der Waals surface area contributed by atoms with Crippen molar-refractivity contribution < 1.29 is 4.74 Å². The van der Waals surface area contributed by atoms with Gasteiger partial charge >= 0.3 is 0 Å². The van der Waals surface area contributed by atoms with E-state index in [-0.39, 0.29) is 0 Å². The molecule has 12 heavy (non-hydrogen) atoms. The van der Waals surface area contributed by atoms with E-state index in [1.54, 1.807) is 0 Å². The summed E-state index contributed by atoms with van der Waals surface area (Å²) in [7, 11) is 0. The van der Waals surface area contributed by atoms with E-state index in [4.69, 9.17) is 10.5 Å². The van der Waals surface area contributed by atoms with Gasteiger partial charge in [0, 0.05) is 6.92 Å². The summed E-state index contributed by atoms with van der Waals surface area (Å²) in [6.07, 6.45) is 3.83. The molecule has 0 spiro atoms. The molecule has 0 aromatic heterocycles. The van der Waals surface area contributed by atoms with Crippen LogP contribution in [0.3, 0.4) is 0 Å². The third-order valence-electron chi connectivity index (χ3n) is 2.87. The molecule has 3 unspecified atom stereocenters. The van der Waals surface area contributed by atoms with Crippen molar-refractivity contribution in [3.8, 4) is 0 Å². The maximum absolute atomic E-state index is 5.63. The lowest BCUT2D eigenvalue weighted by molar-refractivity contribution is 0.128. The van der Waals surface area contributed by atoms with E-state index in [9.17, 15) is 0 Å². The Hall–Kier alpha value is -0.570. The van der Waals surface area contributed by atoms with Crippen LogP contribution in [-0.2, 0) is 4.74 Å². The number of rotatable bonds is 1. The van der Waals surface area contributed by atoms with E-state index < -0.39 is 0 Å². The molecule has 0 aromatic rings. The molecule has 1 heterocycles. The lowest BCUT2D eigenvalue weighted by Gasteiger charge is -2.28. The highest BCUT2D eigenvalue weighted by Gasteiger charge is 2.34. The summed E-state index contributed by atoms with van der Waals surface area (Å²) in [5.41, 5.74) is 5.63. The standard InChI is InChI=1S/C9H16N2O/c1-6-11-8-4-7(5-10)2-3-9(8)12-6/h7-9H,2-5,10H2,1H3. The molecular weight excluding hydrogens is 152 g/mol. The van der Waals surface area contributed by atoms with Crippen LogP contribution in [0.2, 0.25) is 0 Å². The summed E-state index contributed by atoms with van der Waals surface area (Å²) in [4.78, 5) is 4.45. The summed E-state index contributed by atoms with van der Waals surface area (Å²) in [6, 6.07) is 0.410. The molecular formula is C9H16N2O. The van der Waals surface area contributed by atoms with Crippen molar-refractivity contribution >= 4 is 5.90 Å². The van der Waals surface area contributed by atoms with E-state index in [2.05, 4.69) is 4.99 Å². The average Bonchev–Trinajstić information content (AvgIpc) is 2.43. The number of hydrogen-bond donors (Lipinski definition) is 1. The Kier molecular flexibility index (Phi) is 2.05. The van der Waals surface area contributed by atoms with E-state index in [1.165, 1.54) is 6.42 Å². The van der Waals surface area contributed by atoms with E-state index in [0.29, 0.717) is 18.1 Å². The molecule has 0 radical (unpaired) electrons. The molecule has 1 fully saturated rings. The predicted molar refractivity (Wildman–Crippen MR) is 48.2 cm³/mol. The Balaban J connectivity index is 1.99. The second-order valence-electron chi connectivity index (χ2n) is 3.79. The molecule has 1 saturated carbocycles. The second kappa shape index (κ2) is 3.05. The minimum Gasteiger partial charge on any atom is -0.476 e. The molecule has 0 saturated heterocycles. The molecule has 2 rings (SSSR count). The van der Waals surface area contributed by atoms with Crippen LogP contribution in [0.1, 0.15) is 26.2 Å². The highest BCUT2D eigenvalue weighted by atomic mass is 16.5. The molecule has 2 aliphatic rings. The van der Waals surface area contributed by atoms with Gasteiger partial charge < -0.3 is 10.5 Å². The largest absolute Gasteiger partial charge is 0.476 e. The van der Waals surface area contributed by atoms with Gasteiger partial charge in [-0.25, -0.2) is 4.99 Å². The van der Waals surface area contributed by atoms with Gasteiger partial charge in [-0.1, -0.05) is 0 Å². The van der Waals surface area contributed by atoms with Crippen LogP contribution in [0, 0.1) is 5.92 Å². The minimum absolute atomic E-state index is 0.368. The molecule has 3 nitrogen and oxygen atoms in total. The number of fused-ring (bicyclic) bond motifs is 1. The fourth-order valence-electron chi connectivity index (χ4n) is 2.17. The number of nitrogens with zero attached hydrogens (tertiary/aromatic N) is 1. The fourth-order valence-corrected chi connectivity index (χ4v) is 2.17. The minimum atomic E-state index is 0.368. The first-order valence-electron chi connectivity index (χ1n) is 4.70. The van der Waals surface area contributed by atoms with Crippen molar-refractivity contribution in [2.45, 2.75) is 38.3 Å². The van der Waals surface area contributed by atoms with Crippen LogP contribution in [0.5, 0.6) is 0 Å². The number of nitrogens with two attached hydrogens (primary N) is 1. The third kappa shape index (κ3) is 1.33. The van der Waals surface area contributed by atoms with E-state index >= 15 is 0 Å². The van der Waals surface area contributed by atoms with Gasteiger partial charge in [0.1, 0.15) is 6.10 Å². The summed E-state index contributed by atoms with van der Waals surface area (Å²) >= 11 is 0. The molecule has 2 N–H and O–H groups in total. The smallest absolute Gasteiger partial charge is 0.180 e. The number of ether oxygens (including phenoxy) is 1. The van der Waals surface area contributed by atoms with Gasteiger partial charge in [0.05, 0.1) is 6.04 Å². The highest BCUT2D eigenvalue weighted by Crippen LogP contribution is 2.31. The lowest BCUT2D eigenvalue weighted by Crippen LogP contribution is -2.33. The molecule has 1 aliphatic carbocycles. The molecule has 0 amide bonds. The zero-order chi connectivity index (χ0) is 8.55. The predicted octanol–water partition coefficient (Wildman–Crippen LogP) is 0.931. The van der Waals surface area contributed by atoms with Crippen LogP contribution in [-0.4, -0.2) is 24.6 Å². The first-order chi connectivity index (χ1) is 5.79. The Morgan fingerprint density at radius 1 is 1.58 bits per heavy atom. The van der Waals surface area contributed by atoms with Crippen LogP contribution in [0.4, 0.5) is 0 Å². The lowest BCUT2D eigenvalue weighted by atomic mass is 9.84. The number of aliphatic imine (C=N–C) groups is 1. The van der Waals surface area contributed by atoms with Crippen molar-refractivity contribution in [2.24, 2.45) is 16.6 Å². The third-order valence-corrected chi connectivity index (χ3v) is 2.87. The quantitative estimate of drug-likeness (QED) is 0.633. The van der Waals surface area contributed by atoms with E-state index in [1.807, 2.05) is 6.92 Å². The monoisotopic (exact) mass is 168 g/mol. The molecule has 1 aliphatic heterocycles. The molecule has 3 heteroatoms. The SMILES string of the molecule is CC1=NC2CC(CN)CCC2O1. The summed E-state index contributed by atoms with van der Waals surface area (Å²) < 4.78 is 5.57. The molecule has 0 aromatic carbocycles. The normalized spacial score (nSPS) is 40.2. The van der Waals surface area contributed by atoms with Crippen LogP contribution < -0.4 is 5.73 Å². The Bertz CT molecular complexity index is 203. The van der Waals surface area contributed by atoms with Gasteiger partial charge in [-0.15, -0.1) is 0 Å². The van der Waals surface area contributed by atoms with Crippen LogP contribution in [0.15, 0.2) is 4.99 Å². The average molecular weight is 168 g/mol.